The van der Waals surface area contributed by atoms with Crippen LogP contribution in [0.5, 0.6) is 0 Å². The Morgan fingerprint density at radius 2 is 1.96 bits per heavy atom. The molecular formula is C23H23NO4. The van der Waals surface area contributed by atoms with E-state index >= 15 is 0 Å². The third-order valence-electron chi connectivity index (χ3n) is 5.36. The molecule has 1 amide bonds. The zero-order valence-electron chi connectivity index (χ0n) is 15.7. The van der Waals surface area contributed by atoms with Crippen molar-refractivity contribution in [1.82, 2.24) is 4.90 Å². The molecule has 1 aromatic heterocycles. The van der Waals surface area contributed by atoms with Crippen molar-refractivity contribution < 1.29 is 13.9 Å². The maximum absolute atomic E-state index is 13.0. The minimum Gasteiger partial charge on any atom is -0.422 e. The summed E-state index contributed by atoms with van der Waals surface area (Å²) in [5, 5.41) is 2.80. The molecule has 28 heavy (non-hydrogen) atoms. The summed E-state index contributed by atoms with van der Waals surface area (Å²) in [5.74, 6) is 0.176. The second kappa shape index (κ2) is 7.98. The lowest BCUT2D eigenvalue weighted by atomic mass is 9.97. The summed E-state index contributed by atoms with van der Waals surface area (Å²) in [6.07, 6.45) is 3.47. The Hall–Kier alpha value is -2.92. The number of nitrogens with zero attached hydrogens (tertiary/aromatic N) is 1. The summed E-state index contributed by atoms with van der Waals surface area (Å²) in [4.78, 5) is 27.2. The Morgan fingerprint density at radius 3 is 2.75 bits per heavy atom. The Labute approximate surface area is 163 Å². The van der Waals surface area contributed by atoms with Gasteiger partial charge in [0.25, 0.3) is 5.91 Å². The van der Waals surface area contributed by atoms with E-state index in [-0.39, 0.29) is 11.5 Å². The lowest BCUT2D eigenvalue weighted by Gasteiger charge is -2.31. The van der Waals surface area contributed by atoms with E-state index in [1.165, 1.54) is 0 Å². The maximum atomic E-state index is 13.0. The molecule has 5 nitrogen and oxygen atoms in total. The van der Waals surface area contributed by atoms with Crippen LogP contribution in [-0.4, -0.2) is 37.1 Å². The first kappa shape index (κ1) is 18.4. The van der Waals surface area contributed by atoms with Crippen LogP contribution in [0.15, 0.2) is 64.3 Å². The SMILES string of the molecule is C=CCOCC1CCN(C(=O)c2cc3c(ccc4ccccc43)oc2=O)CC1. The molecule has 0 atom stereocenters. The van der Waals surface area contributed by atoms with Crippen molar-refractivity contribution in [3.8, 4) is 0 Å². The molecule has 0 N–H and O–H groups in total. The van der Waals surface area contributed by atoms with Crippen LogP contribution in [0.4, 0.5) is 0 Å². The van der Waals surface area contributed by atoms with Crippen LogP contribution in [0.1, 0.15) is 23.2 Å². The first-order valence-electron chi connectivity index (χ1n) is 9.61. The summed E-state index contributed by atoms with van der Waals surface area (Å²) in [5.41, 5.74) is 0.0211. The summed E-state index contributed by atoms with van der Waals surface area (Å²) in [7, 11) is 0. The molecule has 1 saturated heterocycles. The Kier molecular flexibility index (Phi) is 5.26. The first-order valence-corrected chi connectivity index (χ1v) is 9.61. The smallest absolute Gasteiger partial charge is 0.349 e. The van der Waals surface area contributed by atoms with E-state index in [9.17, 15) is 9.59 Å². The van der Waals surface area contributed by atoms with Gasteiger partial charge in [-0.2, -0.15) is 0 Å². The van der Waals surface area contributed by atoms with Gasteiger partial charge in [0, 0.05) is 25.1 Å². The number of carbonyl (C=O) groups is 1. The van der Waals surface area contributed by atoms with E-state index in [2.05, 4.69) is 6.58 Å². The summed E-state index contributed by atoms with van der Waals surface area (Å²) < 4.78 is 11.0. The molecule has 144 valence electrons. The lowest BCUT2D eigenvalue weighted by molar-refractivity contribution is 0.0572. The molecular weight excluding hydrogens is 354 g/mol. The van der Waals surface area contributed by atoms with E-state index in [4.69, 9.17) is 9.15 Å². The third-order valence-corrected chi connectivity index (χ3v) is 5.36. The number of piperidine rings is 1. The predicted molar refractivity (Wildman–Crippen MR) is 110 cm³/mol. The van der Waals surface area contributed by atoms with Crippen molar-refractivity contribution >= 4 is 27.6 Å². The zero-order chi connectivity index (χ0) is 19.5. The normalized spacial score (nSPS) is 15.2. The van der Waals surface area contributed by atoms with Crippen LogP contribution in [-0.2, 0) is 4.74 Å². The van der Waals surface area contributed by atoms with Gasteiger partial charge in [0.1, 0.15) is 11.1 Å². The molecule has 0 bridgehead atoms. The molecule has 5 heteroatoms. The van der Waals surface area contributed by atoms with Crippen molar-refractivity contribution in [2.75, 3.05) is 26.3 Å². The molecule has 0 aliphatic carbocycles. The van der Waals surface area contributed by atoms with E-state index in [1.54, 1.807) is 23.1 Å². The van der Waals surface area contributed by atoms with Gasteiger partial charge >= 0.3 is 5.63 Å². The monoisotopic (exact) mass is 377 g/mol. The van der Waals surface area contributed by atoms with Crippen LogP contribution in [0.3, 0.4) is 0 Å². The van der Waals surface area contributed by atoms with Gasteiger partial charge in [0.15, 0.2) is 0 Å². The molecule has 2 heterocycles. The second-order valence-electron chi connectivity index (χ2n) is 7.21. The molecule has 0 unspecified atom stereocenters. The van der Waals surface area contributed by atoms with Crippen LogP contribution in [0, 0.1) is 5.92 Å². The van der Waals surface area contributed by atoms with Gasteiger partial charge in [-0.3, -0.25) is 4.79 Å². The minimum atomic E-state index is -0.579. The van der Waals surface area contributed by atoms with Crippen LogP contribution in [0.2, 0.25) is 0 Å². The van der Waals surface area contributed by atoms with Crippen LogP contribution < -0.4 is 5.63 Å². The fraction of sp³-hybridized carbons (Fsp3) is 0.304. The van der Waals surface area contributed by atoms with Gasteiger partial charge < -0.3 is 14.1 Å². The van der Waals surface area contributed by atoms with Crippen LogP contribution >= 0.6 is 0 Å². The van der Waals surface area contributed by atoms with Crippen molar-refractivity contribution in [1.29, 1.82) is 0 Å². The van der Waals surface area contributed by atoms with Crippen molar-refractivity contribution in [3.05, 3.63) is 71.1 Å². The average molecular weight is 377 g/mol. The Balaban J connectivity index is 1.58. The van der Waals surface area contributed by atoms with E-state index in [0.29, 0.717) is 37.8 Å². The van der Waals surface area contributed by atoms with Gasteiger partial charge in [-0.15, -0.1) is 6.58 Å². The van der Waals surface area contributed by atoms with Crippen LogP contribution in [0.25, 0.3) is 21.7 Å². The van der Waals surface area contributed by atoms with E-state index in [1.807, 2.05) is 30.3 Å². The highest BCUT2D eigenvalue weighted by molar-refractivity contribution is 6.07. The molecule has 1 aliphatic rings. The van der Waals surface area contributed by atoms with Crippen molar-refractivity contribution in [2.24, 2.45) is 5.92 Å². The lowest BCUT2D eigenvalue weighted by Crippen LogP contribution is -2.41. The highest BCUT2D eigenvalue weighted by atomic mass is 16.5. The highest BCUT2D eigenvalue weighted by Gasteiger charge is 2.26. The summed E-state index contributed by atoms with van der Waals surface area (Å²) in [6, 6.07) is 13.3. The van der Waals surface area contributed by atoms with E-state index in [0.717, 1.165) is 29.0 Å². The van der Waals surface area contributed by atoms with Gasteiger partial charge in [0.05, 0.1) is 6.61 Å². The fourth-order valence-corrected chi connectivity index (χ4v) is 3.81. The Morgan fingerprint density at radius 1 is 1.18 bits per heavy atom. The number of carbonyl (C=O) groups excluding carboxylic acids is 1. The van der Waals surface area contributed by atoms with Gasteiger partial charge in [0.2, 0.25) is 0 Å². The molecule has 2 aromatic carbocycles. The highest BCUT2D eigenvalue weighted by Crippen LogP contribution is 2.26. The maximum Gasteiger partial charge on any atom is 0.349 e. The molecule has 1 aliphatic heterocycles. The molecule has 0 saturated carbocycles. The topological polar surface area (TPSA) is 59.8 Å². The predicted octanol–water partition coefficient (Wildman–Crippen LogP) is 4.00. The largest absolute Gasteiger partial charge is 0.422 e. The third kappa shape index (κ3) is 3.58. The molecule has 1 fully saturated rings. The number of ether oxygens (including phenoxy) is 1. The molecule has 3 aromatic rings. The number of hydrogen-bond acceptors (Lipinski definition) is 4. The fourth-order valence-electron chi connectivity index (χ4n) is 3.81. The molecule has 0 spiro atoms. The van der Waals surface area contributed by atoms with Gasteiger partial charge in [-0.1, -0.05) is 36.4 Å². The summed E-state index contributed by atoms with van der Waals surface area (Å²) in [6.45, 7) is 6.11. The standard InChI is InChI=1S/C23H23NO4/c1-2-13-27-15-16-9-11-24(12-10-16)22(25)20-14-19-18-6-4-3-5-17(18)7-8-21(19)28-23(20)26/h2-8,14,16H,1,9-13,15H2. The number of benzene rings is 2. The summed E-state index contributed by atoms with van der Waals surface area (Å²) >= 11 is 0. The number of fused-ring (bicyclic) bond motifs is 3. The number of rotatable bonds is 5. The van der Waals surface area contributed by atoms with Gasteiger partial charge in [-0.25, -0.2) is 4.79 Å². The molecule has 0 radical (unpaired) electrons. The van der Waals surface area contributed by atoms with Gasteiger partial charge in [-0.05, 0) is 41.7 Å². The Bertz CT molecular complexity index is 1080. The quantitative estimate of drug-likeness (QED) is 0.292. The first-order chi connectivity index (χ1) is 13.7. The number of hydrogen-bond donors (Lipinski definition) is 0. The van der Waals surface area contributed by atoms with Crippen molar-refractivity contribution in [2.45, 2.75) is 12.8 Å². The number of amides is 1. The zero-order valence-corrected chi connectivity index (χ0v) is 15.7. The molecule has 4 rings (SSSR count). The average Bonchev–Trinajstić information content (AvgIpc) is 2.73. The van der Waals surface area contributed by atoms with Crippen molar-refractivity contribution in [3.63, 3.8) is 0 Å². The number of likely N-dealkylation sites (tertiary alicyclic amines) is 1. The van der Waals surface area contributed by atoms with E-state index < -0.39 is 5.63 Å². The minimum absolute atomic E-state index is 0.102. The second-order valence-corrected chi connectivity index (χ2v) is 7.21.